The van der Waals surface area contributed by atoms with E-state index in [0.717, 1.165) is 57.9 Å². The number of ether oxygens (including phenoxy) is 1. The van der Waals surface area contributed by atoms with Crippen LogP contribution < -0.4 is 4.74 Å². The fraction of sp³-hybridized carbons (Fsp3) is 0.652. The largest absolute Gasteiger partial charge is 0.469 e. The second-order valence-corrected chi connectivity index (χ2v) is 10.4. The highest BCUT2D eigenvalue weighted by Gasteiger charge is 2.19. The molecule has 0 aromatic heterocycles. The van der Waals surface area contributed by atoms with Crippen LogP contribution in [0.2, 0.25) is 0 Å². The Balaban J connectivity index is 0.00000181. The van der Waals surface area contributed by atoms with Gasteiger partial charge in [-0.2, -0.15) is 8.78 Å². The fourth-order valence-electron chi connectivity index (χ4n) is 3.24. The number of carbonyl (C=O) groups is 2. The lowest BCUT2D eigenvalue weighted by atomic mass is 10.1. The number of hydrogen-bond donors (Lipinski definition) is 2. The van der Waals surface area contributed by atoms with Crippen molar-refractivity contribution in [2.45, 2.75) is 64.2 Å². The summed E-state index contributed by atoms with van der Waals surface area (Å²) in [6.45, 7) is 1.53. The molecule has 0 aliphatic heterocycles. The van der Waals surface area contributed by atoms with Crippen LogP contribution in [0.3, 0.4) is 0 Å². The predicted octanol–water partition coefficient (Wildman–Crippen LogP) is 4.88. The first-order valence-corrected chi connectivity index (χ1v) is 13.8. The molecule has 0 heterocycles. The Morgan fingerprint density at radius 2 is 1.49 bits per heavy atom. The van der Waals surface area contributed by atoms with E-state index in [-0.39, 0.29) is 18.3 Å². The average molecular weight is 590 g/mol. The molecule has 0 aliphatic carbocycles. The maximum Gasteiger partial charge on any atom is 0.469 e. The van der Waals surface area contributed by atoms with Gasteiger partial charge in [0.25, 0.3) is 5.69 Å². The van der Waals surface area contributed by atoms with Crippen LogP contribution in [0.4, 0.5) is 19.0 Å². The number of non-ortho nitro benzene ring substituents is 1. The Kier molecular flexibility index (Phi) is 18.2. The summed E-state index contributed by atoms with van der Waals surface area (Å²) in [6, 6.07) is 5.46. The van der Waals surface area contributed by atoms with Crippen molar-refractivity contribution >= 4 is 25.4 Å². The monoisotopic (exact) mass is 589 g/mol. The van der Waals surface area contributed by atoms with Crippen LogP contribution in [0.15, 0.2) is 24.3 Å². The molecule has 1 aromatic rings. The number of carbonyl (C=O) groups excluding carboxylic acids is 2. The van der Waals surface area contributed by atoms with Gasteiger partial charge in [-0.25, -0.2) is 14.3 Å². The molecule has 0 atom stereocenters. The summed E-state index contributed by atoms with van der Waals surface area (Å²) in [5, 5.41) is 10.6. The number of phosphoric acid groups is 1. The molecule has 0 amide bonds. The Hall–Kier alpha value is -2.58. The third-order valence-corrected chi connectivity index (χ3v) is 5.90. The van der Waals surface area contributed by atoms with Gasteiger partial charge in [0.15, 0.2) is 0 Å². The molecular weight excluding hydrogens is 552 g/mol. The number of likely N-dealkylation sites (N-methyl/N-ethyl adjacent to an activating group) is 1. The van der Waals surface area contributed by atoms with Crippen molar-refractivity contribution in [2.24, 2.45) is 0 Å². The molecule has 224 valence electrons. The lowest BCUT2D eigenvalue weighted by Crippen LogP contribution is -2.42. The van der Waals surface area contributed by atoms with Gasteiger partial charge in [0.1, 0.15) is 18.9 Å². The van der Waals surface area contributed by atoms with E-state index in [4.69, 9.17) is 19.3 Å². The van der Waals surface area contributed by atoms with Gasteiger partial charge in [0.05, 0.1) is 25.6 Å². The van der Waals surface area contributed by atoms with Crippen molar-refractivity contribution < 1.29 is 60.9 Å². The molecule has 0 fully saturated rings. The molecular formula is C23H37F3N2O10P+. The Morgan fingerprint density at radius 1 is 0.974 bits per heavy atom. The summed E-state index contributed by atoms with van der Waals surface area (Å²) in [4.78, 5) is 50.7. The molecule has 39 heavy (non-hydrogen) atoms. The summed E-state index contributed by atoms with van der Waals surface area (Å²) >= 11 is 0. The quantitative estimate of drug-likeness (QED) is 0.0459. The van der Waals surface area contributed by atoms with E-state index in [1.807, 2.05) is 14.1 Å². The number of alkyl halides is 2. The molecule has 12 nitrogen and oxygen atoms in total. The number of nitro groups is 1. The van der Waals surface area contributed by atoms with Gasteiger partial charge in [-0.3, -0.25) is 19.4 Å². The van der Waals surface area contributed by atoms with Crippen molar-refractivity contribution in [3.05, 3.63) is 34.4 Å². The zero-order valence-corrected chi connectivity index (χ0v) is 22.9. The molecule has 16 heteroatoms. The number of unbranched alkanes of at least 4 members (excludes halogenated alkanes) is 7. The first kappa shape index (κ1) is 36.4. The van der Waals surface area contributed by atoms with E-state index in [1.54, 1.807) is 0 Å². The number of hydrogen-bond acceptors (Lipinski definition) is 8. The van der Waals surface area contributed by atoms with Gasteiger partial charge in [-0.05, 0) is 31.4 Å². The van der Waals surface area contributed by atoms with Crippen LogP contribution in [-0.2, 0) is 23.6 Å². The highest BCUT2D eigenvalue weighted by molar-refractivity contribution is 7.46. The predicted molar refractivity (Wildman–Crippen MR) is 133 cm³/mol. The average Bonchev–Trinajstić information content (AvgIpc) is 2.84. The molecule has 1 rings (SSSR count). The van der Waals surface area contributed by atoms with Gasteiger partial charge < -0.3 is 19.0 Å². The van der Waals surface area contributed by atoms with Gasteiger partial charge in [0.2, 0.25) is 0 Å². The number of quaternary nitrogens is 1. The minimum absolute atomic E-state index is 0.0404. The number of benzene rings is 1. The number of halogens is 3. The Labute approximate surface area is 224 Å². The number of nitrogens with zero attached hydrogens (tertiary/aromatic N) is 2. The van der Waals surface area contributed by atoms with E-state index in [0.29, 0.717) is 23.2 Å². The zero-order valence-electron chi connectivity index (χ0n) is 22.0. The number of nitro benzene ring substituents is 1. The third-order valence-electron chi connectivity index (χ3n) is 5.38. The van der Waals surface area contributed by atoms with Crippen LogP contribution >= 0.6 is 7.82 Å². The van der Waals surface area contributed by atoms with Crippen molar-refractivity contribution in [3.63, 3.8) is 0 Å². The van der Waals surface area contributed by atoms with Crippen LogP contribution in [0.25, 0.3) is 0 Å². The van der Waals surface area contributed by atoms with Gasteiger partial charge in [0, 0.05) is 23.1 Å². The van der Waals surface area contributed by atoms with Crippen molar-refractivity contribution in [3.8, 4) is 5.75 Å². The van der Waals surface area contributed by atoms with E-state index in [2.05, 4.69) is 9.47 Å². The number of rotatable bonds is 18. The minimum atomic E-state index is -4.39. The summed E-state index contributed by atoms with van der Waals surface area (Å²) < 4.78 is 52.8. The van der Waals surface area contributed by atoms with Gasteiger partial charge in [-0.15, -0.1) is 0 Å². The maximum atomic E-state index is 11.8. The van der Waals surface area contributed by atoms with Crippen LogP contribution in [0.1, 0.15) is 57.8 Å². The van der Waals surface area contributed by atoms with Gasteiger partial charge >= 0.3 is 26.2 Å². The van der Waals surface area contributed by atoms with Crippen LogP contribution in [-0.4, -0.2) is 71.3 Å². The molecule has 0 saturated carbocycles. The molecule has 0 aliphatic rings. The lowest BCUT2D eigenvalue weighted by molar-refractivity contribution is -0.890. The fourth-order valence-corrected chi connectivity index (χ4v) is 3.56. The van der Waals surface area contributed by atoms with E-state index in [1.165, 1.54) is 24.3 Å². The Morgan fingerprint density at radius 3 is 1.92 bits per heavy atom. The van der Waals surface area contributed by atoms with Crippen LogP contribution in [0.5, 0.6) is 5.75 Å². The van der Waals surface area contributed by atoms with Crippen molar-refractivity contribution in [1.82, 2.24) is 0 Å². The van der Waals surface area contributed by atoms with Crippen molar-refractivity contribution in [1.29, 1.82) is 0 Å². The van der Waals surface area contributed by atoms with Crippen molar-refractivity contribution in [2.75, 3.05) is 33.8 Å². The van der Waals surface area contributed by atoms with Crippen LogP contribution in [0, 0.1) is 10.1 Å². The number of esters is 1. The van der Waals surface area contributed by atoms with E-state index >= 15 is 0 Å². The van der Waals surface area contributed by atoms with E-state index in [9.17, 15) is 32.8 Å². The molecule has 0 bridgehead atoms. The van der Waals surface area contributed by atoms with Gasteiger partial charge in [-0.1, -0.05) is 32.1 Å². The topological polar surface area (TPSA) is 162 Å². The lowest BCUT2D eigenvalue weighted by Gasteiger charge is -2.29. The van der Waals surface area contributed by atoms with E-state index < -0.39 is 25.1 Å². The minimum Gasteiger partial charge on any atom is -0.427 e. The summed E-state index contributed by atoms with van der Waals surface area (Å²) in [5.74, 6) is -2.16. The third kappa shape index (κ3) is 21.0. The second kappa shape index (κ2) is 19.5. The SMILES string of the molecule is C[N+](C)(CCCCCCCCCCC(=O)Oc1ccc([N+](=O)[O-])cc1)CCOP(=O)(O)O.O=C(OF)C(F)F. The first-order chi connectivity index (χ1) is 18.2. The molecule has 0 spiro atoms. The number of phosphoric ester groups is 1. The highest BCUT2D eigenvalue weighted by atomic mass is 31.2. The highest BCUT2D eigenvalue weighted by Crippen LogP contribution is 2.35. The molecule has 0 saturated heterocycles. The summed E-state index contributed by atoms with van der Waals surface area (Å²) in [5.41, 5.74) is -0.0413. The normalized spacial score (nSPS) is 11.5. The zero-order chi connectivity index (χ0) is 29.9. The standard InChI is InChI=1S/C21H35N2O8P.C2HF3O2/c1-23(2,17-18-30-32(27,28)29)16-10-8-6-4-3-5-7-9-11-21(24)31-20-14-12-19(13-15-20)22(25)26;3-1(4)2(6)7-5/h12-15H,3-11,16-18H2,1-2H3,(H-,27,28,29);1H/p+1. The summed E-state index contributed by atoms with van der Waals surface area (Å²) in [6.07, 6.45) is 5.30. The molecule has 1 aromatic carbocycles. The molecule has 0 radical (unpaired) electrons. The maximum absolute atomic E-state index is 11.8. The second-order valence-electron chi connectivity index (χ2n) is 9.21. The Bertz CT molecular complexity index is 914. The molecule has 2 N–H and O–H groups in total. The molecule has 0 unspecified atom stereocenters. The first-order valence-electron chi connectivity index (χ1n) is 12.2. The smallest absolute Gasteiger partial charge is 0.427 e. The summed E-state index contributed by atoms with van der Waals surface area (Å²) in [7, 11) is -0.340.